The molecule has 6 heteroatoms. The van der Waals surface area contributed by atoms with Crippen LogP contribution in [0.15, 0.2) is 16.6 Å². The summed E-state index contributed by atoms with van der Waals surface area (Å²) in [6, 6.07) is 3.29. The van der Waals surface area contributed by atoms with Crippen LogP contribution >= 0.6 is 27.5 Å². The van der Waals surface area contributed by atoms with Crippen molar-refractivity contribution in [3.63, 3.8) is 0 Å². The van der Waals surface area contributed by atoms with Gasteiger partial charge < -0.3 is 15.3 Å². The Labute approximate surface area is 120 Å². The first-order valence-corrected chi connectivity index (χ1v) is 6.79. The van der Waals surface area contributed by atoms with Gasteiger partial charge in [0.25, 0.3) is 0 Å². The lowest BCUT2D eigenvalue weighted by Gasteiger charge is -2.20. The van der Waals surface area contributed by atoms with Crippen molar-refractivity contribution in [1.82, 2.24) is 4.90 Å². The van der Waals surface area contributed by atoms with Crippen LogP contribution in [-0.4, -0.2) is 35.7 Å². The summed E-state index contributed by atoms with van der Waals surface area (Å²) in [6.45, 7) is 4.52. The van der Waals surface area contributed by atoms with E-state index in [1.54, 1.807) is 6.07 Å². The van der Waals surface area contributed by atoms with Gasteiger partial charge in [-0.05, 0) is 47.5 Å². The van der Waals surface area contributed by atoms with Crippen LogP contribution in [-0.2, 0) is 0 Å². The summed E-state index contributed by atoms with van der Waals surface area (Å²) >= 11 is 9.40. The number of aryl methyl sites for hydroxylation is 1. The molecular weight excluding hydrogens is 320 g/mol. The maximum atomic E-state index is 11.9. The average Bonchev–Trinajstić information content (AvgIpc) is 2.32. The number of likely N-dealkylation sites (N-methyl/N-ethyl adjacent to an activating group) is 1. The van der Waals surface area contributed by atoms with E-state index in [0.29, 0.717) is 23.8 Å². The van der Waals surface area contributed by atoms with Crippen molar-refractivity contribution >= 4 is 39.2 Å². The van der Waals surface area contributed by atoms with Crippen molar-refractivity contribution in [1.29, 1.82) is 0 Å². The highest BCUT2D eigenvalue weighted by molar-refractivity contribution is 9.10. The van der Waals surface area contributed by atoms with Crippen LogP contribution < -0.4 is 5.32 Å². The number of benzene rings is 1. The molecule has 0 aromatic heterocycles. The van der Waals surface area contributed by atoms with Crippen molar-refractivity contribution in [3.8, 4) is 0 Å². The van der Waals surface area contributed by atoms with Crippen LogP contribution in [0.1, 0.15) is 12.5 Å². The molecule has 100 valence electrons. The van der Waals surface area contributed by atoms with Gasteiger partial charge in [-0.2, -0.15) is 0 Å². The number of anilines is 1. The van der Waals surface area contributed by atoms with Gasteiger partial charge in [-0.1, -0.05) is 11.6 Å². The van der Waals surface area contributed by atoms with E-state index >= 15 is 0 Å². The molecule has 0 spiro atoms. The Hall–Kier alpha value is -0.780. The number of aliphatic hydroxyl groups excluding tert-OH is 1. The summed E-state index contributed by atoms with van der Waals surface area (Å²) in [6.07, 6.45) is 0. The Bertz CT molecular complexity index is 440. The van der Waals surface area contributed by atoms with Gasteiger partial charge in [-0.15, -0.1) is 0 Å². The van der Waals surface area contributed by atoms with Gasteiger partial charge in [-0.3, -0.25) is 0 Å². The smallest absolute Gasteiger partial charge is 0.321 e. The van der Waals surface area contributed by atoms with Crippen molar-refractivity contribution in [2.45, 2.75) is 13.8 Å². The fraction of sp³-hybridized carbons (Fsp3) is 0.417. The Kier molecular flexibility index (Phi) is 5.91. The molecule has 0 heterocycles. The molecule has 4 nitrogen and oxygen atoms in total. The number of nitrogens with zero attached hydrogens (tertiary/aromatic N) is 1. The lowest BCUT2D eigenvalue weighted by molar-refractivity contribution is 0.192. The third-order valence-corrected chi connectivity index (χ3v) is 3.59. The molecule has 2 amide bonds. The van der Waals surface area contributed by atoms with Crippen LogP contribution in [0.5, 0.6) is 0 Å². The number of halogens is 2. The van der Waals surface area contributed by atoms with E-state index in [1.165, 1.54) is 4.90 Å². The number of amides is 2. The molecule has 1 aromatic rings. The van der Waals surface area contributed by atoms with E-state index in [2.05, 4.69) is 21.2 Å². The number of hydrogen-bond acceptors (Lipinski definition) is 2. The molecule has 0 atom stereocenters. The number of carbonyl (C=O) groups is 1. The Morgan fingerprint density at radius 1 is 1.56 bits per heavy atom. The number of hydrogen-bond donors (Lipinski definition) is 2. The highest BCUT2D eigenvalue weighted by Gasteiger charge is 2.13. The predicted molar refractivity (Wildman–Crippen MR) is 77.2 cm³/mol. The first-order chi connectivity index (χ1) is 8.49. The van der Waals surface area contributed by atoms with E-state index in [-0.39, 0.29) is 12.6 Å². The fourth-order valence-electron chi connectivity index (χ4n) is 1.46. The summed E-state index contributed by atoms with van der Waals surface area (Å²) in [7, 11) is 0. The molecule has 2 N–H and O–H groups in total. The highest BCUT2D eigenvalue weighted by Crippen LogP contribution is 2.29. The van der Waals surface area contributed by atoms with E-state index in [0.717, 1.165) is 10.0 Å². The van der Waals surface area contributed by atoms with E-state index in [4.69, 9.17) is 16.7 Å². The molecule has 0 aliphatic carbocycles. The van der Waals surface area contributed by atoms with Gasteiger partial charge >= 0.3 is 6.03 Å². The van der Waals surface area contributed by atoms with Gasteiger partial charge in [0.05, 0.1) is 12.3 Å². The minimum atomic E-state index is -0.257. The summed E-state index contributed by atoms with van der Waals surface area (Å²) in [5, 5.41) is 12.2. The summed E-state index contributed by atoms with van der Waals surface area (Å²) < 4.78 is 0.776. The first-order valence-electron chi connectivity index (χ1n) is 5.62. The van der Waals surface area contributed by atoms with Crippen molar-refractivity contribution in [2.75, 3.05) is 25.0 Å². The normalized spacial score (nSPS) is 10.3. The lowest BCUT2D eigenvalue weighted by atomic mass is 10.2. The molecule has 0 radical (unpaired) electrons. The highest BCUT2D eigenvalue weighted by atomic mass is 79.9. The second-order valence-corrected chi connectivity index (χ2v) is 5.08. The predicted octanol–water partition coefficient (Wildman–Crippen LogP) is 3.26. The maximum Gasteiger partial charge on any atom is 0.321 e. The molecule has 0 fully saturated rings. The number of aliphatic hydroxyl groups is 1. The molecule has 0 saturated carbocycles. The fourth-order valence-corrected chi connectivity index (χ4v) is 2.18. The molecule has 0 saturated heterocycles. The second-order valence-electron chi connectivity index (χ2n) is 3.81. The Morgan fingerprint density at radius 2 is 2.22 bits per heavy atom. The summed E-state index contributed by atoms with van der Waals surface area (Å²) in [5.74, 6) is 0. The zero-order valence-corrected chi connectivity index (χ0v) is 12.7. The molecular formula is C12H16BrClN2O2. The third kappa shape index (κ3) is 3.86. The van der Waals surface area contributed by atoms with Crippen molar-refractivity contribution < 1.29 is 9.90 Å². The van der Waals surface area contributed by atoms with Gasteiger partial charge in [0.2, 0.25) is 0 Å². The van der Waals surface area contributed by atoms with Gasteiger partial charge in [0.15, 0.2) is 0 Å². The van der Waals surface area contributed by atoms with Crippen LogP contribution in [0, 0.1) is 6.92 Å². The molecule has 1 aromatic carbocycles. The van der Waals surface area contributed by atoms with Crippen LogP contribution in [0.2, 0.25) is 5.02 Å². The van der Waals surface area contributed by atoms with E-state index < -0.39 is 0 Å². The number of rotatable bonds is 4. The van der Waals surface area contributed by atoms with Crippen molar-refractivity contribution in [3.05, 3.63) is 27.2 Å². The van der Waals surface area contributed by atoms with Crippen molar-refractivity contribution in [2.24, 2.45) is 0 Å². The van der Waals surface area contributed by atoms with Crippen LogP contribution in [0.4, 0.5) is 10.5 Å². The SMILES string of the molecule is CCN(CCO)C(=O)Nc1cc(Cl)c(C)cc1Br. The average molecular weight is 336 g/mol. The zero-order valence-electron chi connectivity index (χ0n) is 10.3. The van der Waals surface area contributed by atoms with E-state index in [9.17, 15) is 4.79 Å². The van der Waals surface area contributed by atoms with E-state index in [1.807, 2.05) is 19.9 Å². The second kappa shape index (κ2) is 6.97. The molecule has 18 heavy (non-hydrogen) atoms. The monoisotopic (exact) mass is 334 g/mol. The Balaban J connectivity index is 2.84. The van der Waals surface area contributed by atoms with Gasteiger partial charge in [-0.25, -0.2) is 4.79 Å². The molecule has 0 unspecified atom stereocenters. The molecule has 0 bridgehead atoms. The minimum absolute atomic E-state index is 0.0584. The molecule has 1 rings (SSSR count). The first kappa shape index (κ1) is 15.3. The van der Waals surface area contributed by atoms with Crippen LogP contribution in [0.25, 0.3) is 0 Å². The Morgan fingerprint density at radius 3 is 2.78 bits per heavy atom. The number of urea groups is 1. The summed E-state index contributed by atoms with van der Waals surface area (Å²) in [5.41, 5.74) is 1.55. The lowest BCUT2D eigenvalue weighted by Crippen LogP contribution is -2.36. The quantitative estimate of drug-likeness (QED) is 0.887. The number of nitrogens with one attached hydrogen (secondary N) is 1. The largest absolute Gasteiger partial charge is 0.395 e. The summed E-state index contributed by atoms with van der Waals surface area (Å²) in [4.78, 5) is 13.4. The molecule has 0 aliphatic heterocycles. The topological polar surface area (TPSA) is 52.6 Å². The minimum Gasteiger partial charge on any atom is -0.395 e. The number of carbonyl (C=O) groups excluding carboxylic acids is 1. The molecule has 0 aliphatic rings. The third-order valence-electron chi connectivity index (χ3n) is 2.53. The maximum absolute atomic E-state index is 11.9. The zero-order chi connectivity index (χ0) is 13.7. The van der Waals surface area contributed by atoms with Crippen LogP contribution in [0.3, 0.4) is 0 Å². The van der Waals surface area contributed by atoms with Gasteiger partial charge in [0.1, 0.15) is 0 Å². The standard InChI is InChI=1S/C12H16BrClN2O2/c1-3-16(4-5-17)12(18)15-11-7-10(14)8(2)6-9(11)13/h6-7,17H,3-5H2,1-2H3,(H,15,18). The van der Waals surface area contributed by atoms with Gasteiger partial charge in [0, 0.05) is 22.6 Å².